The molecule has 2 aliphatic heterocycles. The lowest BCUT2D eigenvalue weighted by molar-refractivity contribution is -0.126. The van der Waals surface area contributed by atoms with Crippen LogP contribution in [0.1, 0.15) is 25.3 Å². The van der Waals surface area contributed by atoms with E-state index in [0.29, 0.717) is 22.7 Å². The van der Waals surface area contributed by atoms with E-state index in [1.807, 2.05) is 18.2 Å². The number of hydrogen-bond donors (Lipinski definition) is 0. The maximum Gasteiger partial charge on any atom is 0.247 e. The molecule has 3 amide bonds. The molecule has 0 aliphatic carbocycles. The lowest BCUT2D eigenvalue weighted by atomic mass is 9.98. The second kappa shape index (κ2) is 5.44. The summed E-state index contributed by atoms with van der Waals surface area (Å²) in [5.41, 5.74) is 1.87. The molecule has 4 rings (SSSR count). The summed E-state index contributed by atoms with van der Waals surface area (Å²) >= 11 is 0. The van der Waals surface area contributed by atoms with Gasteiger partial charge in [0, 0.05) is 13.8 Å². The van der Waals surface area contributed by atoms with Crippen LogP contribution < -0.4 is 14.5 Å². The van der Waals surface area contributed by atoms with E-state index in [4.69, 9.17) is 4.74 Å². The highest BCUT2D eigenvalue weighted by Gasteiger charge is 2.50. The Kier molecular flexibility index (Phi) is 3.35. The summed E-state index contributed by atoms with van der Waals surface area (Å²) in [6.45, 7) is 2.79. The van der Waals surface area contributed by atoms with Crippen molar-refractivity contribution in [3.63, 3.8) is 0 Å². The Labute approximate surface area is 144 Å². The van der Waals surface area contributed by atoms with Crippen molar-refractivity contribution in [1.29, 1.82) is 0 Å². The number of fused-ring (bicyclic) bond motifs is 2. The van der Waals surface area contributed by atoms with Gasteiger partial charge in [-0.1, -0.05) is 30.3 Å². The smallest absolute Gasteiger partial charge is 0.247 e. The van der Waals surface area contributed by atoms with Crippen LogP contribution in [0.25, 0.3) is 0 Å². The van der Waals surface area contributed by atoms with E-state index in [2.05, 4.69) is 0 Å². The Balaban J connectivity index is 1.84. The fraction of sp³-hybridized carbons (Fsp3) is 0.211. The van der Waals surface area contributed by atoms with E-state index < -0.39 is 12.1 Å². The number of imide groups is 1. The molecule has 0 saturated carbocycles. The van der Waals surface area contributed by atoms with E-state index in [0.717, 1.165) is 4.90 Å². The predicted molar refractivity (Wildman–Crippen MR) is 91.4 cm³/mol. The zero-order valence-corrected chi connectivity index (χ0v) is 13.8. The number of carbonyl (C=O) groups excluding carboxylic acids is 3. The van der Waals surface area contributed by atoms with Crippen LogP contribution in [0, 0.1) is 0 Å². The molecule has 2 unspecified atom stereocenters. The first-order valence-corrected chi connectivity index (χ1v) is 7.99. The van der Waals surface area contributed by atoms with Crippen molar-refractivity contribution < 1.29 is 19.1 Å². The van der Waals surface area contributed by atoms with Gasteiger partial charge in [0.2, 0.25) is 17.7 Å². The summed E-state index contributed by atoms with van der Waals surface area (Å²) in [5.74, 6) is -1.16. The molecule has 6 nitrogen and oxygen atoms in total. The van der Waals surface area contributed by atoms with Crippen LogP contribution in [0.3, 0.4) is 0 Å². The molecule has 0 fully saturated rings. The summed E-state index contributed by atoms with van der Waals surface area (Å²) in [7, 11) is 0. The molecule has 0 N–H and O–H groups in total. The zero-order valence-electron chi connectivity index (χ0n) is 13.8. The third-order valence-electron chi connectivity index (χ3n) is 4.57. The van der Waals surface area contributed by atoms with Gasteiger partial charge in [-0.05, 0) is 23.8 Å². The Morgan fingerprint density at radius 1 is 0.920 bits per heavy atom. The molecular formula is C19H16N2O4. The van der Waals surface area contributed by atoms with Crippen molar-refractivity contribution in [3.8, 4) is 5.75 Å². The summed E-state index contributed by atoms with van der Waals surface area (Å²) in [6, 6.07) is 14.3. The molecule has 0 radical (unpaired) electrons. The molecule has 2 aliphatic rings. The number of amides is 3. The second-order valence-electron chi connectivity index (χ2n) is 6.09. The number of hydrogen-bond acceptors (Lipinski definition) is 4. The van der Waals surface area contributed by atoms with Gasteiger partial charge < -0.3 is 4.74 Å². The monoisotopic (exact) mass is 336 g/mol. The van der Waals surface area contributed by atoms with Crippen LogP contribution in [0.5, 0.6) is 5.75 Å². The van der Waals surface area contributed by atoms with Gasteiger partial charge in [0.05, 0.1) is 11.4 Å². The van der Waals surface area contributed by atoms with E-state index in [9.17, 15) is 14.4 Å². The average Bonchev–Trinajstić information content (AvgIpc) is 3.08. The minimum absolute atomic E-state index is 0.221. The second-order valence-corrected chi connectivity index (χ2v) is 6.09. The van der Waals surface area contributed by atoms with Gasteiger partial charge in [0.25, 0.3) is 0 Å². The number of rotatable bonds is 1. The Morgan fingerprint density at radius 2 is 1.56 bits per heavy atom. The first kappa shape index (κ1) is 15.4. The molecule has 2 aromatic rings. The van der Waals surface area contributed by atoms with Gasteiger partial charge >= 0.3 is 0 Å². The van der Waals surface area contributed by atoms with Crippen molar-refractivity contribution in [2.75, 3.05) is 9.80 Å². The van der Waals surface area contributed by atoms with Crippen LogP contribution in [-0.2, 0) is 14.4 Å². The van der Waals surface area contributed by atoms with Crippen molar-refractivity contribution >= 4 is 29.1 Å². The van der Waals surface area contributed by atoms with Crippen LogP contribution in [0.4, 0.5) is 11.4 Å². The SMILES string of the molecule is CC(=O)N1C(=O)C(C2Oc3ccccc3N2C(C)=O)c2ccccc21. The maximum atomic E-state index is 13.0. The normalized spacial score (nSPS) is 21.0. The standard InChI is InChI=1S/C19H16N2O4/c1-11(22)20-14-8-4-3-7-13(14)17(18(20)24)19-21(12(2)23)15-9-5-6-10-16(15)25-19/h3-10,17,19H,1-2H3. The minimum atomic E-state index is -0.812. The highest BCUT2D eigenvalue weighted by atomic mass is 16.5. The molecule has 2 aromatic carbocycles. The summed E-state index contributed by atoms with van der Waals surface area (Å²) < 4.78 is 5.97. The molecule has 0 saturated heterocycles. The van der Waals surface area contributed by atoms with Gasteiger partial charge in [-0.15, -0.1) is 0 Å². The summed E-state index contributed by atoms with van der Waals surface area (Å²) in [6.07, 6.45) is -0.812. The number of benzene rings is 2. The van der Waals surface area contributed by atoms with Crippen molar-refractivity contribution in [2.45, 2.75) is 26.0 Å². The van der Waals surface area contributed by atoms with Gasteiger partial charge in [0.15, 0.2) is 6.23 Å². The lowest BCUT2D eigenvalue weighted by Crippen LogP contribution is -2.46. The summed E-state index contributed by atoms with van der Waals surface area (Å²) in [5, 5.41) is 0. The topological polar surface area (TPSA) is 66.9 Å². The largest absolute Gasteiger partial charge is 0.467 e. The van der Waals surface area contributed by atoms with E-state index >= 15 is 0 Å². The van der Waals surface area contributed by atoms with Crippen LogP contribution in [-0.4, -0.2) is 23.9 Å². The van der Waals surface area contributed by atoms with E-state index in [1.54, 1.807) is 30.3 Å². The van der Waals surface area contributed by atoms with Crippen molar-refractivity contribution in [3.05, 3.63) is 54.1 Å². The zero-order chi connectivity index (χ0) is 17.7. The van der Waals surface area contributed by atoms with Crippen LogP contribution >= 0.6 is 0 Å². The number of ether oxygens (including phenoxy) is 1. The van der Waals surface area contributed by atoms with Gasteiger partial charge in [-0.3, -0.25) is 19.3 Å². The molecule has 2 atom stereocenters. The predicted octanol–water partition coefficient (Wildman–Crippen LogP) is 2.43. The molecule has 6 heteroatoms. The Bertz CT molecular complexity index is 908. The lowest BCUT2D eigenvalue weighted by Gasteiger charge is -2.26. The number of nitrogens with zero attached hydrogens (tertiary/aromatic N) is 2. The van der Waals surface area contributed by atoms with E-state index in [-0.39, 0.29) is 17.7 Å². The molecule has 0 spiro atoms. The third-order valence-corrected chi connectivity index (χ3v) is 4.57. The molecule has 0 aromatic heterocycles. The average molecular weight is 336 g/mol. The summed E-state index contributed by atoms with van der Waals surface area (Å²) in [4.78, 5) is 39.9. The van der Waals surface area contributed by atoms with Gasteiger partial charge in [-0.25, -0.2) is 4.90 Å². The van der Waals surface area contributed by atoms with Gasteiger partial charge in [-0.2, -0.15) is 0 Å². The van der Waals surface area contributed by atoms with Crippen molar-refractivity contribution in [1.82, 2.24) is 0 Å². The Morgan fingerprint density at radius 3 is 2.24 bits per heavy atom. The number of anilines is 2. The molecule has 0 bridgehead atoms. The minimum Gasteiger partial charge on any atom is -0.467 e. The van der Waals surface area contributed by atoms with Crippen LogP contribution in [0.15, 0.2) is 48.5 Å². The first-order valence-electron chi connectivity index (χ1n) is 7.99. The quantitative estimate of drug-likeness (QED) is 0.802. The fourth-order valence-corrected chi connectivity index (χ4v) is 3.59. The molecule has 25 heavy (non-hydrogen) atoms. The number of para-hydroxylation sites is 3. The Hall–Kier alpha value is -3.15. The highest BCUT2D eigenvalue weighted by molar-refractivity contribution is 6.21. The van der Waals surface area contributed by atoms with Gasteiger partial charge in [0.1, 0.15) is 11.7 Å². The number of carbonyl (C=O) groups is 3. The molecule has 2 heterocycles. The van der Waals surface area contributed by atoms with Crippen molar-refractivity contribution in [2.24, 2.45) is 0 Å². The molecule has 126 valence electrons. The first-order chi connectivity index (χ1) is 12.0. The van der Waals surface area contributed by atoms with E-state index in [1.165, 1.54) is 18.7 Å². The third kappa shape index (κ3) is 2.14. The highest BCUT2D eigenvalue weighted by Crippen LogP contribution is 2.46. The maximum absolute atomic E-state index is 13.0. The fourth-order valence-electron chi connectivity index (χ4n) is 3.59. The molecular weight excluding hydrogens is 320 g/mol. The van der Waals surface area contributed by atoms with Crippen LogP contribution in [0.2, 0.25) is 0 Å².